The summed E-state index contributed by atoms with van der Waals surface area (Å²) in [6.45, 7) is 7.72. The lowest BCUT2D eigenvalue weighted by atomic mass is 9.79. The molecule has 0 saturated heterocycles. The summed E-state index contributed by atoms with van der Waals surface area (Å²) in [5, 5.41) is 38.8. The first-order valence-corrected chi connectivity index (χ1v) is 23.9. The van der Waals surface area contributed by atoms with Crippen LogP contribution in [0.3, 0.4) is 0 Å². The molecule has 1 heterocycles. The van der Waals surface area contributed by atoms with Gasteiger partial charge in [0.2, 0.25) is 0 Å². The van der Waals surface area contributed by atoms with Gasteiger partial charge in [-0.25, -0.2) is 0 Å². The van der Waals surface area contributed by atoms with Crippen molar-refractivity contribution in [3.63, 3.8) is 0 Å². The Morgan fingerprint density at radius 3 is 1.71 bits per heavy atom. The fourth-order valence-corrected chi connectivity index (χ4v) is 10.8. The molecule has 0 bridgehead atoms. The molecule has 0 aromatic heterocycles. The van der Waals surface area contributed by atoms with Gasteiger partial charge in [0.25, 0.3) is 0 Å². The molecule has 3 aliphatic rings. The minimum absolute atomic E-state index is 0.103. The van der Waals surface area contributed by atoms with Crippen molar-refractivity contribution in [3.8, 4) is 28.4 Å². The third-order valence-corrected chi connectivity index (χ3v) is 14.6. The smallest absolute Gasteiger partial charge is 0.147 e. The highest BCUT2D eigenvalue weighted by Gasteiger charge is 2.36. The first-order valence-electron chi connectivity index (χ1n) is 23.9. The first-order chi connectivity index (χ1) is 33.6. The van der Waals surface area contributed by atoms with Gasteiger partial charge in [-0.05, 0) is 186 Å². The average molecular weight is 900 g/mol. The molecule has 69 heavy (non-hydrogen) atoms. The largest absolute Gasteiger partial charge is 0.508 e. The van der Waals surface area contributed by atoms with Gasteiger partial charge in [0.05, 0.1) is 5.69 Å². The SMILES string of the molecule is Bc1c(O)c(C)c(C)c2c1N(c1cc(-c3cccc4c3=CCC=4C3=CCCC=C3)cc(N(c3ccccc3)c3cccc(N(c4ccccc4)c4ccccc4)c3)c1)c1c(O)c(C)c(C)c(O)c1C2. The molecule has 0 amide bonds. The molecule has 0 fully saturated rings. The molecular formula is C62H54BN3O3. The summed E-state index contributed by atoms with van der Waals surface area (Å²) >= 11 is 0. The van der Waals surface area contributed by atoms with Crippen LogP contribution in [0.25, 0.3) is 22.8 Å². The lowest BCUT2D eigenvalue weighted by molar-refractivity contribution is 0.448. The summed E-state index contributed by atoms with van der Waals surface area (Å²) in [5.74, 6) is 0.493. The molecule has 3 N–H and O–H groups in total. The average Bonchev–Trinajstić information content (AvgIpc) is 3.84. The highest BCUT2D eigenvalue weighted by Crippen LogP contribution is 2.55. The maximum atomic E-state index is 12.4. The summed E-state index contributed by atoms with van der Waals surface area (Å²) in [7, 11) is 1.96. The number of hydrogen-bond acceptors (Lipinski definition) is 6. The van der Waals surface area contributed by atoms with E-state index >= 15 is 0 Å². The number of hydrogen-bond donors (Lipinski definition) is 3. The van der Waals surface area contributed by atoms with Crippen molar-refractivity contribution in [1.29, 1.82) is 0 Å². The Hall–Kier alpha value is -8.16. The molecule has 2 aliphatic carbocycles. The zero-order chi connectivity index (χ0) is 47.5. The van der Waals surface area contributed by atoms with Gasteiger partial charge < -0.3 is 30.0 Å². The van der Waals surface area contributed by atoms with Crippen LogP contribution >= 0.6 is 0 Å². The molecule has 0 saturated carbocycles. The van der Waals surface area contributed by atoms with Gasteiger partial charge in [-0.3, -0.25) is 0 Å². The van der Waals surface area contributed by atoms with E-state index in [2.05, 4.69) is 172 Å². The number of phenolic OH excluding ortho intramolecular Hbond substituents is 3. The van der Waals surface area contributed by atoms with E-state index in [0.29, 0.717) is 34.3 Å². The summed E-state index contributed by atoms with van der Waals surface area (Å²) in [6, 6.07) is 53.4. The molecule has 8 aromatic rings. The standard InChI is InChI=1S/C62H54BN3O3/c1-38-39(2)61(68)57(63)58-55(38)37-56-59(62(69)41(4)40(3)60(56)67)66(58)50-34-43(51-29-18-30-53-52(31-32-54(51)53)42-19-9-5-10-20-42)33-49(36-50)65(46-25-15-8-16-26-46)48-28-17-27-47(35-48)64(44-21-11-6-12-22-44)45-23-13-7-14-24-45/h6-9,11-30,32-36,67-69H,5,10,31,37,63H2,1-4H3. The lowest BCUT2D eigenvalue weighted by Gasteiger charge is -2.39. The minimum atomic E-state index is 0.103. The van der Waals surface area contributed by atoms with Crippen molar-refractivity contribution in [2.75, 3.05) is 14.7 Å². The van der Waals surface area contributed by atoms with E-state index in [9.17, 15) is 15.3 Å². The van der Waals surface area contributed by atoms with Crippen LogP contribution in [-0.4, -0.2) is 23.2 Å². The zero-order valence-corrected chi connectivity index (χ0v) is 39.8. The van der Waals surface area contributed by atoms with Gasteiger partial charge >= 0.3 is 0 Å². The van der Waals surface area contributed by atoms with Crippen molar-refractivity contribution in [1.82, 2.24) is 0 Å². The van der Waals surface area contributed by atoms with E-state index in [1.54, 1.807) is 0 Å². The Balaban J connectivity index is 1.21. The highest BCUT2D eigenvalue weighted by molar-refractivity contribution is 6.39. The highest BCUT2D eigenvalue weighted by atomic mass is 16.3. The second-order valence-electron chi connectivity index (χ2n) is 18.6. The molecule has 8 aromatic carbocycles. The number of para-hydroxylation sites is 3. The van der Waals surface area contributed by atoms with Gasteiger partial charge in [0.1, 0.15) is 25.1 Å². The Bertz CT molecular complexity index is 3440. The minimum Gasteiger partial charge on any atom is -0.508 e. The van der Waals surface area contributed by atoms with E-state index < -0.39 is 0 Å². The van der Waals surface area contributed by atoms with Crippen LogP contribution in [0, 0.1) is 27.7 Å². The summed E-state index contributed by atoms with van der Waals surface area (Å²) in [6.07, 6.45) is 12.6. The quantitative estimate of drug-likeness (QED) is 0.0990. The predicted molar refractivity (Wildman–Crippen MR) is 289 cm³/mol. The van der Waals surface area contributed by atoms with Crippen LogP contribution in [0.4, 0.5) is 51.2 Å². The molecule has 0 spiro atoms. The van der Waals surface area contributed by atoms with Crippen LogP contribution in [0.2, 0.25) is 0 Å². The number of aromatic hydroxyl groups is 3. The number of benzene rings is 8. The van der Waals surface area contributed by atoms with Gasteiger partial charge in [-0.15, -0.1) is 0 Å². The van der Waals surface area contributed by atoms with Gasteiger partial charge in [0, 0.05) is 57.5 Å². The molecule has 11 rings (SSSR count). The second kappa shape index (κ2) is 17.5. The third kappa shape index (κ3) is 7.37. The van der Waals surface area contributed by atoms with Crippen molar-refractivity contribution in [2.45, 2.75) is 53.4 Å². The van der Waals surface area contributed by atoms with Gasteiger partial charge in [-0.2, -0.15) is 0 Å². The van der Waals surface area contributed by atoms with Crippen molar-refractivity contribution < 1.29 is 15.3 Å². The molecule has 7 heteroatoms. The monoisotopic (exact) mass is 899 g/mol. The second-order valence-corrected chi connectivity index (χ2v) is 18.6. The van der Waals surface area contributed by atoms with Crippen molar-refractivity contribution in [3.05, 3.63) is 219 Å². The fraction of sp³-hybridized carbons (Fsp3) is 0.129. The van der Waals surface area contributed by atoms with Crippen LogP contribution < -0.4 is 30.6 Å². The maximum Gasteiger partial charge on any atom is 0.147 e. The van der Waals surface area contributed by atoms with E-state index in [0.717, 1.165) is 92.6 Å². The molecule has 338 valence electrons. The lowest BCUT2D eigenvalue weighted by Crippen LogP contribution is -2.28. The number of fused-ring (bicyclic) bond motifs is 3. The molecule has 0 atom stereocenters. The Morgan fingerprint density at radius 2 is 1.09 bits per heavy atom. The zero-order valence-electron chi connectivity index (χ0n) is 39.8. The Labute approximate surface area is 405 Å². The van der Waals surface area contributed by atoms with Gasteiger partial charge in [-0.1, -0.05) is 103 Å². The normalized spacial score (nSPS) is 13.6. The summed E-state index contributed by atoms with van der Waals surface area (Å²) < 4.78 is 0. The van der Waals surface area contributed by atoms with E-state index in [4.69, 9.17) is 0 Å². The molecule has 0 radical (unpaired) electrons. The molecular weight excluding hydrogens is 846 g/mol. The summed E-state index contributed by atoms with van der Waals surface area (Å²) in [5.41, 5.74) is 18.1. The fourth-order valence-electron chi connectivity index (χ4n) is 10.8. The van der Waals surface area contributed by atoms with Crippen LogP contribution in [0.5, 0.6) is 17.2 Å². The Morgan fingerprint density at radius 1 is 0.507 bits per heavy atom. The van der Waals surface area contributed by atoms with Crippen molar-refractivity contribution in [2.24, 2.45) is 0 Å². The number of rotatable bonds is 9. The number of anilines is 9. The summed E-state index contributed by atoms with van der Waals surface area (Å²) in [4.78, 5) is 6.68. The van der Waals surface area contributed by atoms with E-state index in [-0.39, 0.29) is 17.2 Å². The van der Waals surface area contributed by atoms with Crippen molar-refractivity contribution >= 4 is 76.1 Å². The molecule has 6 nitrogen and oxygen atoms in total. The molecule has 0 unspecified atom stereocenters. The van der Waals surface area contributed by atoms with Gasteiger partial charge in [0.15, 0.2) is 0 Å². The number of nitrogens with zero attached hydrogens (tertiary/aromatic N) is 3. The predicted octanol–water partition coefficient (Wildman–Crippen LogP) is 12.9. The maximum absolute atomic E-state index is 12.4. The van der Waals surface area contributed by atoms with E-state index in [1.165, 1.54) is 21.6 Å². The van der Waals surface area contributed by atoms with Crippen LogP contribution in [0.15, 0.2) is 175 Å². The topological polar surface area (TPSA) is 70.4 Å². The Kier molecular flexibility index (Phi) is 11.0. The van der Waals surface area contributed by atoms with Crippen LogP contribution in [0.1, 0.15) is 52.6 Å². The number of phenols is 3. The number of allylic oxidation sites excluding steroid dienone is 4. The third-order valence-electron chi connectivity index (χ3n) is 14.6. The van der Waals surface area contributed by atoms with Crippen LogP contribution in [-0.2, 0) is 6.42 Å². The first kappa shape index (κ1) is 43.4. The molecule has 1 aliphatic heterocycles. The van der Waals surface area contributed by atoms with E-state index in [1.807, 2.05) is 53.7 Å².